The summed E-state index contributed by atoms with van der Waals surface area (Å²) in [4.78, 5) is 26.6. The highest BCUT2D eigenvalue weighted by Gasteiger charge is 2.29. The first kappa shape index (κ1) is 20.2. The summed E-state index contributed by atoms with van der Waals surface area (Å²) in [6.45, 7) is 3.07. The maximum absolute atomic E-state index is 12.6. The van der Waals surface area contributed by atoms with Gasteiger partial charge in [-0.3, -0.25) is 9.59 Å². The van der Waals surface area contributed by atoms with Crippen LogP contribution < -0.4 is 11.1 Å². The molecule has 2 amide bonds. The van der Waals surface area contributed by atoms with Crippen LogP contribution in [0.2, 0.25) is 0 Å². The second kappa shape index (κ2) is 10.1. The van der Waals surface area contributed by atoms with Crippen LogP contribution in [0, 0.1) is 5.92 Å². The minimum Gasteiger partial charge on any atom is -0.345 e. The summed E-state index contributed by atoms with van der Waals surface area (Å²) in [6.07, 6.45) is 9.77. The lowest BCUT2D eigenvalue weighted by Gasteiger charge is -2.36. The number of nitrogens with one attached hydrogen (secondary N) is 1. The summed E-state index contributed by atoms with van der Waals surface area (Å²) < 4.78 is 0. The Bertz CT molecular complexity index is 386. The van der Waals surface area contributed by atoms with Crippen molar-refractivity contribution in [3.05, 3.63) is 0 Å². The van der Waals surface area contributed by atoms with E-state index in [1.807, 2.05) is 4.90 Å². The number of nitrogens with zero attached hydrogens (tertiary/aromatic N) is 1. The van der Waals surface area contributed by atoms with Gasteiger partial charge in [-0.1, -0.05) is 19.3 Å². The minimum absolute atomic E-state index is 0. The van der Waals surface area contributed by atoms with Gasteiger partial charge < -0.3 is 16.0 Å². The zero-order valence-corrected chi connectivity index (χ0v) is 15.1. The molecule has 0 radical (unpaired) electrons. The zero-order chi connectivity index (χ0) is 15.9. The van der Waals surface area contributed by atoms with Gasteiger partial charge in [0.05, 0.1) is 0 Å². The lowest BCUT2D eigenvalue weighted by molar-refractivity contribution is -0.139. The third-order valence-corrected chi connectivity index (χ3v) is 5.13. The number of carbonyl (C=O) groups is 2. The molecule has 2 atom stereocenters. The Kier molecular flexibility index (Phi) is 8.92. The summed E-state index contributed by atoms with van der Waals surface area (Å²) in [5.74, 6) is 0.545. The predicted molar refractivity (Wildman–Crippen MR) is 94.5 cm³/mol. The van der Waals surface area contributed by atoms with Gasteiger partial charge >= 0.3 is 0 Å². The lowest BCUT2D eigenvalue weighted by atomic mass is 9.87. The van der Waals surface area contributed by atoms with Gasteiger partial charge in [0.25, 0.3) is 0 Å². The summed E-state index contributed by atoms with van der Waals surface area (Å²) in [7, 11) is 0. The Labute approximate surface area is 146 Å². The Morgan fingerprint density at radius 3 is 2.43 bits per heavy atom. The van der Waals surface area contributed by atoms with E-state index in [-0.39, 0.29) is 30.3 Å². The zero-order valence-electron chi connectivity index (χ0n) is 14.3. The first-order valence-corrected chi connectivity index (χ1v) is 8.91. The molecule has 134 valence electrons. The Morgan fingerprint density at radius 2 is 1.78 bits per heavy atom. The number of likely N-dealkylation sites (tertiary alicyclic amines) is 1. The molecule has 1 saturated carbocycles. The van der Waals surface area contributed by atoms with Gasteiger partial charge in [-0.2, -0.15) is 0 Å². The van der Waals surface area contributed by atoms with Gasteiger partial charge in [0.2, 0.25) is 11.8 Å². The number of hydrogen-bond donors (Lipinski definition) is 2. The third-order valence-electron chi connectivity index (χ3n) is 5.13. The smallest absolute Gasteiger partial charge is 0.245 e. The van der Waals surface area contributed by atoms with E-state index in [1.165, 1.54) is 19.3 Å². The topological polar surface area (TPSA) is 75.4 Å². The molecule has 1 saturated heterocycles. The Balaban J connectivity index is 0.00000264. The second-order valence-electron chi connectivity index (χ2n) is 6.91. The molecule has 0 aromatic heterocycles. The van der Waals surface area contributed by atoms with E-state index in [4.69, 9.17) is 5.73 Å². The number of nitrogens with two attached hydrogens (primary N) is 1. The molecule has 0 aromatic carbocycles. The average Bonchev–Trinajstić information content (AvgIpc) is 2.54. The molecule has 1 aliphatic carbocycles. The molecule has 2 fully saturated rings. The molecule has 2 unspecified atom stereocenters. The van der Waals surface area contributed by atoms with Gasteiger partial charge in [0, 0.05) is 25.6 Å². The number of hydrogen-bond acceptors (Lipinski definition) is 3. The first-order chi connectivity index (χ1) is 10.6. The molecule has 6 heteroatoms. The fraction of sp³-hybridized carbons (Fsp3) is 0.882. The molecular weight excluding hydrogens is 314 g/mol. The molecule has 0 spiro atoms. The van der Waals surface area contributed by atoms with Crippen LogP contribution >= 0.6 is 12.4 Å². The first-order valence-electron chi connectivity index (χ1n) is 8.91. The van der Waals surface area contributed by atoms with Gasteiger partial charge in [0.15, 0.2) is 0 Å². The van der Waals surface area contributed by atoms with Crippen LogP contribution in [0.3, 0.4) is 0 Å². The SMILES string of the molecule is CC(NC(=O)CC1CCCCC1)C(=O)N1CCCCC1CN.Cl. The van der Waals surface area contributed by atoms with Crippen LogP contribution in [0.1, 0.15) is 64.7 Å². The van der Waals surface area contributed by atoms with Crippen molar-refractivity contribution in [2.24, 2.45) is 11.7 Å². The Hall–Kier alpha value is -0.810. The van der Waals surface area contributed by atoms with E-state index in [0.717, 1.165) is 38.6 Å². The molecule has 0 aromatic rings. The molecule has 23 heavy (non-hydrogen) atoms. The number of halogens is 1. The third kappa shape index (κ3) is 5.96. The number of piperidine rings is 1. The maximum atomic E-state index is 12.6. The van der Waals surface area contributed by atoms with Crippen LogP contribution in [0.4, 0.5) is 0 Å². The lowest BCUT2D eigenvalue weighted by Crippen LogP contribution is -2.54. The number of rotatable bonds is 5. The largest absolute Gasteiger partial charge is 0.345 e. The van der Waals surface area contributed by atoms with Crippen LogP contribution in [0.25, 0.3) is 0 Å². The number of amides is 2. The van der Waals surface area contributed by atoms with E-state index in [9.17, 15) is 9.59 Å². The van der Waals surface area contributed by atoms with E-state index in [2.05, 4.69) is 5.32 Å². The second-order valence-corrected chi connectivity index (χ2v) is 6.91. The van der Waals surface area contributed by atoms with Crippen molar-refractivity contribution >= 4 is 24.2 Å². The molecule has 0 bridgehead atoms. The van der Waals surface area contributed by atoms with Gasteiger partial charge in [-0.15, -0.1) is 12.4 Å². The quantitative estimate of drug-likeness (QED) is 0.802. The monoisotopic (exact) mass is 345 g/mol. The van der Waals surface area contributed by atoms with Crippen molar-refractivity contribution in [3.8, 4) is 0 Å². The molecule has 2 aliphatic rings. The van der Waals surface area contributed by atoms with Crippen LogP contribution in [0.15, 0.2) is 0 Å². The van der Waals surface area contributed by atoms with Crippen molar-refractivity contribution < 1.29 is 9.59 Å². The van der Waals surface area contributed by atoms with Gasteiger partial charge in [-0.25, -0.2) is 0 Å². The fourth-order valence-corrected chi connectivity index (χ4v) is 3.80. The van der Waals surface area contributed by atoms with Crippen molar-refractivity contribution in [1.82, 2.24) is 10.2 Å². The standard InChI is InChI=1S/C17H31N3O2.ClH/c1-13(17(22)20-10-6-5-9-15(20)12-18)19-16(21)11-14-7-3-2-4-8-14;/h13-15H,2-12,18H2,1H3,(H,19,21);1H. The van der Waals surface area contributed by atoms with E-state index in [0.29, 0.717) is 18.9 Å². The summed E-state index contributed by atoms with van der Waals surface area (Å²) in [5.41, 5.74) is 5.78. The van der Waals surface area contributed by atoms with Crippen LogP contribution in [-0.4, -0.2) is 41.9 Å². The van der Waals surface area contributed by atoms with Crippen molar-refractivity contribution in [3.63, 3.8) is 0 Å². The van der Waals surface area contributed by atoms with E-state index in [1.54, 1.807) is 6.92 Å². The predicted octanol–water partition coefficient (Wildman–Crippen LogP) is 2.22. The Morgan fingerprint density at radius 1 is 1.13 bits per heavy atom. The van der Waals surface area contributed by atoms with Crippen LogP contribution in [-0.2, 0) is 9.59 Å². The van der Waals surface area contributed by atoms with Gasteiger partial charge in [-0.05, 0) is 44.9 Å². The summed E-state index contributed by atoms with van der Waals surface area (Å²) >= 11 is 0. The van der Waals surface area contributed by atoms with E-state index >= 15 is 0 Å². The van der Waals surface area contributed by atoms with E-state index < -0.39 is 6.04 Å². The molecule has 3 N–H and O–H groups in total. The molecular formula is C17H32ClN3O2. The molecule has 1 aliphatic heterocycles. The molecule has 1 heterocycles. The fourth-order valence-electron chi connectivity index (χ4n) is 3.80. The molecule has 2 rings (SSSR count). The van der Waals surface area contributed by atoms with Crippen molar-refractivity contribution in [2.75, 3.05) is 13.1 Å². The normalized spacial score (nSPS) is 23.7. The summed E-state index contributed by atoms with van der Waals surface area (Å²) in [6, 6.07) is -0.304. The van der Waals surface area contributed by atoms with Gasteiger partial charge in [0.1, 0.15) is 6.04 Å². The molecule has 5 nitrogen and oxygen atoms in total. The highest BCUT2D eigenvalue weighted by atomic mass is 35.5. The van der Waals surface area contributed by atoms with Crippen LogP contribution in [0.5, 0.6) is 0 Å². The van der Waals surface area contributed by atoms with Crippen molar-refractivity contribution in [1.29, 1.82) is 0 Å². The van der Waals surface area contributed by atoms with Crippen molar-refractivity contribution in [2.45, 2.75) is 76.8 Å². The number of carbonyl (C=O) groups excluding carboxylic acids is 2. The average molecular weight is 346 g/mol. The minimum atomic E-state index is -0.441. The highest BCUT2D eigenvalue weighted by molar-refractivity contribution is 5.87. The maximum Gasteiger partial charge on any atom is 0.245 e. The summed E-state index contributed by atoms with van der Waals surface area (Å²) in [5, 5.41) is 2.90. The highest BCUT2D eigenvalue weighted by Crippen LogP contribution is 2.26.